The summed E-state index contributed by atoms with van der Waals surface area (Å²) in [5.74, 6) is 0.581. The first-order valence-electron chi connectivity index (χ1n) is 4.02. The van der Waals surface area contributed by atoms with Gasteiger partial charge in [-0.25, -0.2) is 9.97 Å². The van der Waals surface area contributed by atoms with E-state index in [2.05, 4.69) is 9.97 Å². The van der Waals surface area contributed by atoms with Crippen LogP contribution in [0.4, 0.5) is 5.82 Å². The molecule has 1 heterocycles. The number of anilines is 1. The maximum atomic E-state index is 10.7. The predicted octanol–water partition coefficient (Wildman–Crippen LogP) is 1.26. The average molecular weight is 198 g/mol. The maximum absolute atomic E-state index is 10.7. The van der Waals surface area contributed by atoms with Gasteiger partial charge in [-0.2, -0.15) is 0 Å². The molecule has 1 aromatic rings. The monoisotopic (exact) mass is 197 g/mol. The number of carbonyl (C=O) groups is 1. The number of rotatable bonds is 3. The van der Waals surface area contributed by atoms with Gasteiger partial charge >= 0.3 is 0 Å². The van der Waals surface area contributed by atoms with Crippen LogP contribution in [0.1, 0.15) is 12.8 Å². The van der Waals surface area contributed by atoms with E-state index >= 15 is 0 Å². The smallest absolute Gasteiger partial charge is 0.215 e. The van der Waals surface area contributed by atoms with Crippen molar-refractivity contribution in [2.24, 2.45) is 0 Å². The lowest BCUT2D eigenvalue weighted by atomic mass is 10.5. The molecule has 0 unspecified atom stereocenters. The van der Waals surface area contributed by atoms with Gasteiger partial charge in [0.15, 0.2) is 0 Å². The van der Waals surface area contributed by atoms with E-state index in [9.17, 15) is 4.79 Å². The molecule has 0 aliphatic heterocycles. The summed E-state index contributed by atoms with van der Waals surface area (Å²) in [7, 11) is 0. The van der Waals surface area contributed by atoms with Crippen molar-refractivity contribution in [2.75, 3.05) is 4.90 Å². The van der Waals surface area contributed by atoms with Crippen LogP contribution in [-0.4, -0.2) is 22.4 Å². The quantitative estimate of drug-likeness (QED) is 0.541. The largest absolute Gasteiger partial charge is 0.296 e. The van der Waals surface area contributed by atoms with Gasteiger partial charge in [-0.3, -0.25) is 9.69 Å². The Morgan fingerprint density at radius 3 is 2.85 bits per heavy atom. The fraction of sp³-hybridized carbons (Fsp3) is 0.375. The van der Waals surface area contributed by atoms with Crippen LogP contribution in [0.5, 0.6) is 0 Å². The lowest BCUT2D eigenvalue weighted by Gasteiger charge is -2.14. The summed E-state index contributed by atoms with van der Waals surface area (Å²) in [6.45, 7) is 0. The maximum Gasteiger partial charge on any atom is 0.215 e. The van der Waals surface area contributed by atoms with Crippen LogP contribution in [-0.2, 0) is 4.79 Å². The molecule has 0 spiro atoms. The molecule has 1 aliphatic carbocycles. The van der Waals surface area contributed by atoms with Crippen LogP contribution in [0.2, 0.25) is 5.15 Å². The van der Waals surface area contributed by atoms with Crippen molar-refractivity contribution in [3.8, 4) is 0 Å². The lowest BCUT2D eigenvalue weighted by molar-refractivity contribution is -0.107. The van der Waals surface area contributed by atoms with Gasteiger partial charge in [0.2, 0.25) is 6.41 Å². The minimum Gasteiger partial charge on any atom is -0.296 e. The summed E-state index contributed by atoms with van der Waals surface area (Å²) < 4.78 is 0. The molecule has 1 amide bonds. The zero-order valence-corrected chi connectivity index (χ0v) is 7.61. The molecular formula is C8H8ClN3O. The van der Waals surface area contributed by atoms with Gasteiger partial charge in [0, 0.05) is 12.1 Å². The molecule has 1 aromatic heterocycles. The van der Waals surface area contributed by atoms with Crippen molar-refractivity contribution in [1.29, 1.82) is 0 Å². The van der Waals surface area contributed by atoms with Crippen molar-refractivity contribution in [3.05, 3.63) is 17.5 Å². The van der Waals surface area contributed by atoms with E-state index < -0.39 is 0 Å². The Morgan fingerprint density at radius 2 is 2.31 bits per heavy atom. The molecule has 1 aliphatic rings. The van der Waals surface area contributed by atoms with E-state index in [1.165, 1.54) is 6.33 Å². The molecule has 5 heteroatoms. The van der Waals surface area contributed by atoms with Crippen LogP contribution in [0, 0.1) is 0 Å². The summed E-state index contributed by atoms with van der Waals surface area (Å²) in [6.07, 6.45) is 4.23. The Kier molecular flexibility index (Phi) is 2.14. The third-order valence-corrected chi connectivity index (χ3v) is 2.14. The molecule has 68 valence electrons. The summed E-state index contributed by atoms with van der Waals surface area (Å²) in [6, 6.07) is 1.90. The standard InChI is InChI=1S/C8H8ClN3O/c9-7-3-8(11-4-10-7)12(5-13)6-1-2-6/h3-6H,1-2H2. The van der Waals surface area contributed by atoms with Crippen molar-refractivity contribution in [3.63, 3.8) is 0 Å². The first-order valence-corrected chi connectivity index (χ1v) is 4.40. The highest BCUT2D eigenvalue weighted by Gasteiger charge is 2.29. The second-order valence-electron chi connectivity index (χ2n) is 2.94. The first kappa shape index (κ1) is 8.44. The zero-order valence-electron chi connectivity index (χ0n) is 6.85. The van der Waals surface area contributed by atoms with E-state index in [0.29, 0.717) is 17.0 Å². The third kappa shape index (κ3) is 1.78. The third-order valence-electron chi connectivity index (χ3n) is 1.94. The average Bonchev–Trinajstić information content (AvgIpc) is 2.90. The zero-order chi connectivity index (χ0) is 9.26. The highest BCUT2D eigenvalue weighted by molar-refractivity contribution is 6.29. The van der Waals surface area contributed by atoms with Crippen molar-refractivity contribution in [1.82, 2.24) is 9.97 Å². The number of nitrogens with zero attached hydrogens (tertiary/aromatic N) is 3. The number of aromatic nitrogens is 2. The molecule has 0 saturated heterocycles. The first-order chi connectivity index (χ1) is 6.31. The van der Waals surface area contributed by atoms with Gasteiger partial charge in [0.1, 0.15) is 17.3 Å². The van der Waals surface area contributed by atoms with Crippen LogP contribution in [0.15, 0.2) is 12.4 Å². The summed E-state index contributed by atoms with van der Waals surface area (Å²) in [5, 5.41) is 0.359. The summed E-state index contributed by atoms with van der Waals surface area (Å²) in [4.78, 5) is 20.0. The molecule has 0 radical (unpaired) electrons. The number of amides is 1. The van der Waals surface area contributed by atoms with Gasteiger partial charge in [0.25, 0.3) is 0 Å². The van der Waals surface area contributed by atoms with Crippen LogP contribution in [0.25, 0.3) is 0 Å². The second kappa shape index (κ2) is 3.30. The Bertz CT molecular complexity index is 327. The summed E-state index contributed by atoms with van der Waals surface area (Å²) >= 11 is 5.68. The fourth-order valence-electron chi connectivity index (χ4n) is 1.15. The Hall–Kier alpha value is -1.16. The molecule has 4 nitrogen and oxygen atoms in total. The van der Waals surface area contributed by atoms with Gasteiger partial charge in [0.05, 0.1) is 0 Å². The molecule has 0 aromatic carbocycles. The summed E-state index contributed by atoms with van der Waals surface area (Å²) in [5.41, 5.74) is 0. The number of hydrogen-bond acceptors (Lipinski definition) is 3. The molecule has 0 bridgehead atoms. The number of hydrogen-bond donors (Lipinski definition) is 0. The predicted molar refractivity (Wildman–Crippen MR) is 48.6 cm³/mol. The van der Waals surface area contributed by atoms with Crippen LogP contribution in [0.3, 0.4) is 0 Å². The van der Waals surface area contributed by atoms with Gasteiger partial charge in [-0.1, -0.05) is 11.6 Å². The van der Waals surface area contributed by atoms with E-state index in [1.807, 2.05) is 0 Å². The van der Waals surface area contributed by atoms with E-state index in [-0.39, 0.29) is 0 Å². The van der Waals surface area contributed by atoms with Crippen LogP contribution >= 0.6 is 11.6 Å². The Morgan fingerprint density at radius 1 is 1.54 bits per heavy atom. The fourth-order valence-corrected chi connectivity index (χ4v) is 1.29. The molecule has 1 saturated carbocycles. The van der Waals surface area contributed by atoms with E-state index in [0.717, 1.165) is 19.3 Å². The normalized spacial score (nSPS) is 15.5. The Balaban J connectivity index is 2.26. The highest BCUT2D eigenvalue weighted by atomic mass is 35.5. The van der Waals surface area contributed by atoms with E-state index in [1.54, 1.807) is 11.0 Å². The SMILES string of the molecule is O=CN(c1cc(Cl)ncn1)C1CC1. The van der Waals surface area contributed by atoms with Crippen molar-refractivity contribution in [2.45, 2.75) is 18.9 Å². The topological polar surface area (TPSA) is 46.1 Å². The molecular weight excluding hydrogens is 190 g/mol. The van der Waals surface area contributed by atoms with E-state index in [4.69, 9.17) is 11.6 Å². The van der Waals surface area contributed by atoms with Gasteiger partial charge in [-0.05, 0) is 12.8 Å². The number of halogens is 1. The molecule has 0 N–H and O–H groups in total. The molecule has 1 fully saturated rings. The van der Waals surface area contributed by atoms with Crippen molar-refractivity contribution < 1.29 is 4.79 Å². The number of carbonyl (C=O) groups excluding carboxylic acids is 1. The molecule has 13 heavy (non-hydrogen) atoms. The molecule has 2 rings (SSSR count). The minimum absolute atomic E-state index is 0.309. The van der Waals surface area contributed by atoms with Gasteiger partial charge < -0.3 is 0 Å². The highest BCUT2D eigenvalue weighted by Crippen LogP contribution is 2.29. The lowest BCUT2D eigenvalue weighted by Crippen LogP contribution is -2.24. The van der Waals surface area contributed by atoms with Gasteiger partial charge in [-0.15, -0.1) is 0 Å². The van der Waals surface area contributed by atoms with Crippen molar-refractivity contribution >= 4 is 23.8 Å². The minimum atomic E-state index is 0.309. The van der Waals surface area contributed by atoms with Crippen LogP contribution < -0.4 is 4.90 Å². The second-order valence-corrected chi connectivity index (χ2v) is 3.33. The molecule has 0 atom stereocenters. The Labute approximate surface area is 80.5 Å².